The number of benzene rings is 3. The van der Waals surface area contributed by atoms with E-state index in [0.29, 0.717) is 0 Å². The van der Waals surface area contributed by atoms with Crippen LogP contribution in [0.1, 0.15) is 22.7 Å². The van der Waals surface area contributed by atoms with E-state index in [4.69, 9.17) is 4.74 Å². The first-order valence-electron chi connectivity index (χ1n) is 8.90. The molecule has 138 valence electrons. The summed E-state index contributed by atoms with van der Waals surface area (Å²) in [5, 5.41) is 6.40. The van der Waals surface area contributed by atoms with Gasteiger partial charge in [0.25, 0.3) is 5.91 Å². The smallest absolute Gasteiger partial charge is 0.251 e. The van der Waals surface area contributed by atoms with Crippen LogP contribution in [0.3, 0.4) is 0 Å². The third-order valence-corrected chi connectivity index (χ3v) is 4.43. The highest BCUT2D eigenvalue weighted by molar-refractivity contribution is 5.98. The van der Waals surface area contributed by atoms with Crippen LogP contribution in [-0.2, 0) is 4.79 Å². The van der Waals surface area contributed by atoms with Crippen molar-refractivity contribution in [2.24, 2.45) is 0 Å². The van der Waals surface area contributed by atoms with Crippen LogP contribution in [0.2, 0.25) is 0 Å². The van der Waals surface area contributed by atoms with Gasteiger partial charge in [-0.25, -0.2) is 0 Å². The van der Waals surface area contributed by atoms with Gasteiger partial charge in [0.05, 0.1) is 7.11 Å². The molecule has 27 heavy (non-hydrogen) atoms. The van der Waals surface area contributed by atoms with E-state index in [2.05, 4.69) is 10.6 Å². The van der Waals surface area contributed by atoms with Gasteiger partial charge in [0.1, 0.15) is 11.8 Å². The molecular weight excluding hydrogens is 336 g/mol. The van der Waals surface area contributed by atoms with Gasteiger partial charge in [-0.3, -0.25) is 4.79 Å². The Hall–Kier alpha value is -3.27. The number of methoxy groups -OCH3 is 1. The number of hydrogen-bond acceptors (Lipinski definition) is 3. The fourth-order valence-electron chi connectivity index (χ4n) is 2.90. The third-order valence-electron chi connectivity index (χ3n) is 4.43. The van der Waals surface area contributed by atoms with Crippen molar-refractivity contribution in [1.29, 1.82) is 0 Å². The first-order chi connectivity index (χ1) is 13.1. The Balaban J connectivity index is 1.89. The molecule has 0 unspecified atom stereocenters. The third kappa shape index (κ3) is 4.67. The van der Waals surface area contributed by atoms with Crippen molar-refractivity contribution >= 4 is 17.3 Å². The number of carbonyl (C=O) groups excluding carboxylic acids is 1. The largest absolute Gasteiger partial charge is 0.497 e. The quantitative estimate of drug-likeness (QED) is 0.643. The number of rotatable bonds is 6. The molecule has 1 atom stereocenters. The van der Waals surface area contributed by atoms with E-state index >= 15 is 0 Å². The minimum absolute atomic E-state index is 0.113. The molecule has 3 rings (SSSR count). The van der Waals surface area contributed by atoms with Gasteiger partial charge in [-0.05, 0) is 48.7 Å². The molecule has 3 aromatic rings. The Bertz CT molecular complexity index is 923. The number of hydrogen-bond donors (Lipinski definition) is 2. The van der Waals surface area contributed by atoms with Crippen LogP contribution in [0.4, 0.5) is 11.4 Å². The number of amides is 1. The zero-order valence-electron chi connectivity index (χ0n) is 15.8. The van der Waals surface area contributed by atoms with E-state index in [1.165, 1.54) is 0 Å². The number of aryl methyl sites for hydroxylation is 2. The Kier molecular flexibility index (Phi) is 5.77. The summed E-state index contributed by atoms with van der Waals surface area (Å²) in [6.45, 7) is 4.00. The normalized spacial score (nSPS) is 11.5. The molecule has 0 fully saturated rings. The van der Waals surface area contributed by atoms with Crippen molar-refractivity contribution in [3.8, 4) is 5.75 Å². The van der Waals surface area contributed by atoms with E-state index in [9.17, 15) is 4.79 Å². The lowest BCUT2D eigenvalue weighted by molar-refractivity contribution is -0.117. The summed E-state index contributed by atoms with van der Waals surface area (Å²) in [4.78, 5) is 13.1. The van der Waals surface area contributed by atoms with Crippen LogP contribution in [0.25, 0.3) is 0 Å². The first kappa shape index (κ1) is 18.5. The van der Waals surface area contributed by atoms with Gasteiger partial charge >= 0.3 is 0 Å². The molecule has 0 aliphatic heterocycles. The van der Waals surface area contributed by atoms with E-state index in [1.807, 2.05) is 86.6 Å². The molecular formula is C23H24N2O2. The molecule has 0 aliphatic carbocycles. The predicted molar refractivity (Wildman–Crippen MR) is 110 cm³/mol. The molecule has 0 spiro atoms. The molecule has 0 saturated heterocycles. The van der Waals surface area contributed by atoms with Crippen LogP contribution < -0.4 is 15.4 Å². The highest BCUT2D eigenvalue weighted by Crippen LogP contribution is 2.25. The van der Waals surface area contributed by atoms with Crippen LogP contribution in [0.5, 0.6) is 5.75 Å². The summed E-state index contributed by atoms with van der Waals surface area (Å²) in [5.41, 5.74) is 4.67. The van der Waals surface area contributed by atoms with Gasteiger partial charge in [0, 0.05) is 17.4 Å². The van der Waals surface area contributed by atoms with E-state index in [0.717, 1.165) is 33.8 Å². The lowest BCUT2D eigenvalue weighted by Crippen LogP contribution is -2.27. The van der Waals surface area contributed by atoms with Crippen molar-refractivity contribution in [2.75, 3.05) is 17.7 Å². The predicted octanol–water partition coefficient (Wildman–Crippen LogP) is 5.10. The van der Waals surface area contributed by atoms with Crippen molar-refractivity contribution in [1.82, 2.24) is 0 Å². The number of ether oxygens (including phenoxy) is 1. The molecule has 0 heterocycles. The fraction of sp³-hybridized carbons (Fsp3) is 0.174. The molecule has 0 aliphatic rings. The van der Waals surface area contributed by atoms with Gasteiger partial charge in [0.15, 0.2) is 0 Å². The van der Waals surface area contributed by atoms with E-state index < -0.39 is 6.04 Å². The highest BCUT2D eigenvalue weighted by atomic mass is 16.5. The van der Waals surface area contributed by atoms with Gasteiger partial charge in [-0.2, -0.15) is 0 Å². The lowest BCUT2D eigenvalue weighted by atomic mass is 10.0. The zero-order chi connectivity index (χ0) is 19.2. The summed E-state index contributed by atoms with van der Waals surface area (Å²) in [6.07, 6.45) is 0. The minimum Gasteiger partial charge on any atom is -0.497 e. The van der Waals surface area contributed by atoms with Gasteiger partial charge in [-0.15, -0.1) is 0 Å². The molecule has 3 aromatic carbocycles. The first-order valence-corrected chi connectivity index (χ1v) is 8.90. The minimum atomic E-state index is -0.529. The maximum Gasteiger partial charge on any atom is 0.251 e. The van der Waals surface area contributed by atoms with Crippen molar-refractivity contribution in [3.63, 3.8) is 0 Å². The van der Waals surface area contributed by atoms with E-state index in [-0.39, 0.29) is 5.91 Å². The van der Waals surface area contributed by atoms with Crippen molar-refractivity contribution < 1.29 is 9.53 Å². The molecule has 4 nitrogen and oxygen atoms in total. The maximum absolute atomic E-state index is 13.1. The zero-order valence-corrected chi connectivity index (χ0v) is 15.8. The Morgan fingerprint density at radius 3 is 2.44 bits per heavy atom. The molecule has 4 heteroatoms. The molecule has 0 radical (unpaired) electrons. The number of nitrogens with one attached hydrogen (secondary N) is 2. The van der Waals surface area contributed by atoms with Crippen LogP contribution in [0.15, 0.2) is 72.8 Å². The topological polar surface area (TPSA) is 50.4 Å². The summed E-state index contributed by atoms with van der Waals surface area (Å²) >= 11 is 0. The second-order valence-corrected chi connectivity index (χ2v) is 6.53. The average molecular weight is 360 g/mol. The molecule has 0 saturated carbocycles. The molecule has 2 N–H and O–H groups in total. The van der Waals surface area contributed by atoms with Crippen LogP contribution in [0, 0.1) is 13.8 Å². The summed E-state index contributed by atoms with van der Waals surface area (Å²) in [7, 11) is 1.63. The van der Waals surface area contributed by atoms with Gasteiger partial charge in [0.2, 0.25) is 0 Å². The number of anilines is 2. The molecule has 0 aromatic heterocycles. The SMILES string of the molecule is COc1cccc(N[C@H](C(=O)Nc2cc(C)ccc2C)c2ccccc2)c1. The highest BCUT2D eigenvalue weighted by Gasteiger charge is 2.21. The van der Waals surface area contributed by atoms with Crippen molar-refractivity contribution in [3.05, 3.63) is 89.5 Å². The van der Waals surface area contributed by atoms with Gasteiger partial charge in [-0.1, -0.05) is 48.5 Å². The summed E-state index contributed by atoms with van der Waals surface area (Å²) in [6, 6.07) is 22.8. The Morgan fingerprint density at radius 1 is 0.926 bits per heavy atom. The second kappa shape index (κ2) is 8.41. The summed E-state index contributed by atoms with van der Waals surface area (Å²) in [5.74, 6) is 0.625. The Labute approximate surface area is 160 Å². The van der Waals surface area contributed by atoms with Crippen LogP contribution in [-0.4, -0.2) is 13.0 Å². The number of carbonyl (C=O) groups is 1. The second-order valence-electron chi connectivity index (χ2n) is 6.53. The molecule has 1 amide bonds. The maximum atomic E-state index is 13.1. The lowest BCUT2D eigenvalue weighted by Gasteiger charge is -2.21. The fourth-order valence-corrected chi connectivity index (χ4v) is 2.90. The summed E-state index contributed by atoms with van der Waals surface area (Å²) < 4.78 is 5.29. The van der Waals surface area contributed by atoms with E-state index in [1.54, 1.807) is 7.11 Å². The monoisotopic (exact) mass is 360 g/mol. The van der Waals surface area contributed by atoms with Gasteiger partial charge < -0.3 is 15.4 Å². The standard InChI is InChI=1S/C23H24N2O2/c1-16-12-13-17(2)21(14-16)25-23(26)22(18-8-5-4-6-9-18)24-19-10-7-11-20(15-19)27-3/h4-15,22,24H,1-3H3,(H,25,26)/t22-/m0/s1. The van der Waals surface area contributed by atoms with Crippen LogP contribution >= 0.6 is 0 Å². The average Bonchev–Trinajstić information content (AvgIpc) is 2.69. The van der Waals surface area contributed by atoms with Crippen molar-refractivity contribution in [2.45, 2.75) is 19.9 Å². The Morgan fingerprint density at radius 2 is 1.70 bits per heavy atom. The molecule has 0 bridgehead atoms.